The monoisotopic (exact) mass is 1170 g/mol. The molecule has 0 spiro atoms. The molecule has 83 heavy (non-hydrogen) atoms. The maximum Gasteiger partial charge on any atom is 0.327 e. The molecule has 4 N–H and O–H groups in total. The summed E-state index contributed by atoms with van der Waals surface area (Å²) in [6, 6.07) is 33.6. The van der Waals surface area contributed by atoms with E-state index < -0.39 is 91.8 Å². The minimum absolute atomic E-state index is 0.00428. The third-order valence-electron chi connectivity index (χ3n) is 14.0. The summed E-state index contributed by atoms with van der Waals surface area (Å²) in [5.74, 6) is -0.202. The third kappa shape index (κ3) is 12.2. The van der Waals surface area contributed by atoms with Gasteiger partial charge >= 0.3 is 6.72 Å². The lowest BCUT2D eigenvalue weighted by molar-refractivity contribution is -0.118. The standard InChI is InChI=1S/C55H56FN14O11PS/c1-32(2)50(71)65-54-64-49-45(52(73)66-54)62-31-70(49)53-46(43(56)41(80-53)27-76-55(34-14-9-6-10-15-34,35-16-20-37(74-3)21-17-35)36-18-22-38(75-4)23-19-36)81-82(83,77-25-11-24-57)78-28-40-39(67-68-58)26-42(79-40)69-30-61-44-47(59-29-60-48(44)69)63-51(72)33-12-7-5-8-13-33/h5-10,12-23,29-30,32,39-43,46,53,62H,11,25-28,31H2,1-4H3,(H,59,60,63,72)(H2,64,65,66,71,73)/t39-,40-,41-,42-,43-,46-,53-,82?/m1/s1. The molecule has 1 unspecified atom stereocenters. The van der Waals surface area contributed by atoms with Crippen LogP contribution in [0.15, 0.2) is 132 Å². The number of hydrogen-bond donors (Lipinski definition) is 4. The number of amides is 2. The zero-order chi connectivity index (χ0) is 58.3. The van der Waals surface area contributed by atoms with Crippen molar-refractivity contribution in [3.63, 3.8) is 0 Å². The molecule has 10 rings (SSSR count). The second kappa shape index (κ2) is 25.4. The van der Waals surface area contributed by atoms with Crippen molar-refractivity contribution in [3.05, 3.63) is 165 Å². The van der Waals surface area contributed by atoms with E-state index in [9.17, 15) is 25.2 Å². The Labute approximate surface area is 479 Å². The highest BCUT2D eigenvalue weighted by molar-refractivity contribution is 8.07. The number of hydrogen-bond acceptors (Lipinski definition) is 20. The summed E-state index contributed by atoms with van der Waals surface area (Å²) in [5.41, 5.74) is 10.6. The van der Waals surface area contributed by atoms with Gasteiger partial charge in [-0.15, -0.1) is 0 Å². The molecule has 2 saturated heterocycles. The largest absolute Gasteiger partial charge is 0.497 e. The number of fused-ring (bicyclic) bond motifs is 2. The average Bonchev–Trinajstić information content (AvgIpc) is 2.97. The zero-order valence-electron chi connectivity index (χ0n) is 45.1. The number of carbonyl (C=O) groups excluding carboxylic acids is 2. The van der Waals surface area contributed by atoms with E-state index in [2.05, 4.69) is 50.9 Å². The summed E-state index contributed by atoms with van der Waals surface area (Å²) >= 11 is 6.10. The first kappa shape index (κ1) is 57.8. The molecule has 430 valence electrons. The molecule has 3 aliphatic rings. The molecule has 0 aliphatic carbocycles. The number of methoxy groups -OCH3 is 2. The molecule has 0 saturated carbocycles. The van der Waals surface area contributed by atoms with Gasteiger partial charge in [0.15, 0.2) is 35.2 Å². The minimum Gasteiger partial charge on any atom is -0.497 e. The van der Waals surface area contributed by atoms with Crippen LogP contribution in [0.4, 0.5) is 27.7 Å². The van der Waals surface area contributed by atoms with Crippen LogP contribution in [0.25, 0.3) is 21.6 Å². The van der Waals surface area contributed by atoms with Gasteiger partial charge < -0.3 is 48.3 Å². The van der Waals surface area contributed by atoms with Gasteiger partial charge in [-0.25, -0.2) is 19.3 Å². The van der Waals surface area contributed by atoms with Gasteiger partial charge in [-0.1, -0.05) is 91.8 Å². The van der Waals surface area contributed by atoms with Crippen LogP contribution in [0.5, 0.6) is 11.5 Å². The highest BCUT2D eigenvalue weighted by Gasteiger charge is 2.54. The highest BCUT2D eigenvalue weighted by Crippen LogP contribution is 2.55. The van der Waals surface area contributed by atoms with E-state index in [4.69, 9.17) is 49.1 Å². The normalized spacial score (nSPS) is 20.9. The van der Waals surface area contributed by atoms with Gasteiger partial charge in [0.05, 0.1) is 71.7 Å². The summed E-state index contributed by atoms with van der Waals surface area (Å²) in [7, 11) is 3.11. The van der Waals surface area contributed by atoms with Crippen LogP contribution < -0.4 is 35.9 Å². The van der Waals surface area contributed by atoms with Gasteiger partial charge in [-0.05, 0) is 70.4 Å². The number of anilines is 4. The summed E-state index contributed by atoms with van der Waals surface area (Å²) < 4.78 is 70.3. The molecule has 0 radical (unpaired) electrons. The van der Waals surface area contributed by atoms with Crippen LogP contribution in [-0.2, 0) is 50.0 Å². The van der Waals surface area contributed by atoms with Gasteiger partial charge in [0.25, 0.3) is 11.5 Å². The fraction of sp³-hybridized carbons (Fsp3) is 0.345. The summed E-state index contributed by atoms with van der Waals surface area (Å²) in [5, 5.41) is 22.1. The molecule has 0 bridgehead atoms. The van der Waals surface area contributed by atoms with Gasteiger partial charge in [0.2, 0.25) is 11.9 Å². The maximum atomic E-state index is 18.2. The number of benzene rings is 4. The van der Waals surface area contributed by atoms with E-state index in [-0.39, 0.29) is 54.9 Å². The number of rotatable bonds is 23. The molecule has 28 heteroatoms. The minimum atomic E-state index is -4.24. The second-order valence-electron chi connectivity index (χ2n) is 19.4. The highest BCUT2D eigenvalue weighted by atomic mass is 32.5. The zero-order valence-corrected chi connectivity index (χ0v) is 46.8. The van der Waals surface area contributed by atoms with E-state index in [1.807, 2.05) is 60.7 Å². The Bertz CT molecular complexity index is 3600. The van der Waals surface area contributed by atoms with Crippen LogP contribution in [-0.4, -0.2) is 119 Å². The topological polar surface area (TPSA) is 309 Å². The number of nitriles is 1. The summed E-state index contributed by atoms with van der Waals surface area (Å²) in [6.07, 6.45) is -5.96. The number of aromatic amines is 1. The van der Waals surface area contributed by atoms with Crippen LogP contribution >= 0.6 is 6.72 Å². The van der Waals surface area contributed by atoms with E-state index in [0.29, 0.717) is 39.4 Å². The van der Waals surface area contributed by atoms with Crippen molar-refractivity contribution in [1.82, 2.24) is 29.5 Å². The third-order valence-corrected chi connectivity index (χ3v) is 16.4. The maximum absolute atomic E-state index is 18.2. The number of nitrogens with zero attached hydrogens (tertiary/aromatic N) is 10. The number of alkyl halides is 1. The molecule has 2 amide bonds. The Morgan fingerprint density at radius 2 is 1.60 bits per heavy atom. The Hall–Kier alpha value is -8.41. The van der Waals surface area contributed by atoms with E-state index in [1.54, 1.807) is 87.2 Å². The molecular weight excluding hydrogens is 1110 g/mol. The molecular formula is C55H56FN14O11PS. The molecule has 4 aromatic carbocycles. The summed E-state index contributed by atoms with van der Waals surface area (Å²) in [6.45, 7) is -2.23. The number of nitrogens with one attached hydrogen (secondary N) is 4. The quantitative estimate of drug-likeness (QED) is 0.0117. The number of imidazole rings is 1. The van der Waals surface area contributed by atoms with Gasteiger partial charge in [-0.2, -0.15) is 10.2 Å². The van der Waals surface area contributed by atoms with Crippen LogP contribution in [0, 0.1) is 17.2 Å². The van der Waals surface area contributed by atoms with Crippen LogP contribution in [0.3, 0.4) is 0 Å². The van der Waals surface area contributed by atoms with Crippen molar-refractivity contribution >= 4 is 64.8 Å². The lowest BCUT2D eigenvalue weighted by Crippen LogP contribution is -2.45. The fourth-order valence-electron chi connectivity index (χ4n) is 9.83. The number of carbonyl (C=O) groups is 2. The van der Waals surface area contributed by atoms with Gasteiger partial charge in [0, 0.05) is 22.8 Å². The first-order valence-corrected chi connectivity index (χ1v) is 28.7. The SMILES string of the molecule is COc1ccc(C(OC[C@H]2O[C@@H](N3CNc4c3nc(NC(=O)C(C)C)[nH]c4=O)[C@H](OP(=S)(OCCC#N)OC[C@H]3O[C@@H](n4cnc5c(NC(=O)c6ccccc6)ncnc54)C[C@H]3N=[N+]=[N-])[C@@H]2F)(c2ccccc2)c2ccc(OC)cc2)cc1. The molecule has 8 atom stereocenters. The van der Waals surface area contributed by atoms with Crippen LogP contribution in [0.1, 0.15) is 60.0 Å². The van der Waals surface area contributed by atoms with Crippen molar-refractivity contribution in [2.24, 2.45) is 11.0 Å². The molecule has 25 nitrogen and oxygen atoms in total. The number of H-pyrrole nitrogens is 1. The van der Waals surface area contributed by atoms with Crippen molar-refractivity contribution in [1.29, 1.82) is 5.26 Å². The predicted octanol–water partition coefficient (Wildman–Crippen LogP) is 8.26. The molecule has 3 aliphatic heterocycles. The molecule has 6 heterocycles. The van der Waals surface area contributed by atoms with Gasteiger partial charge in [-0.3, -0.25) is 33.8 Å². The number of halogens is 1. The number of aromatic nitrogens is 6. The Kier molecular flexibility index (Phi) is 17.7. The molecule has 2 fully saturated rings. The van der Waals surface area contributed by atoms with Crippen LogP contribution in [0.2, 0.25) is 0 Å². The van der Waals surface area contributed by atoms with E-state index in [1.165, 1.54) is 17.6 Å². The first-order chi connectivity index (χ1) is 40.3. The van der Waals surface area contributed by atoms with E-state index >= 15 is 4.39 Å². The Balaban J connectivity index is 0.973. The van der Waals surface area contributed by atoms with Crippen molar-refractivity contribution < 1.29 is 51.2 Å². The van der Waals surface area contributed by atoms with Gasteiger partial charge in [0.1, 0.15) is 47.6 Å². The lowest BCUT2D eigenvalue weighted by atomic mass is 9.80. The molecule has 3 aromatic heterocycles. The predicted molar refractivity (Wildman–Crippen MR) is 304 cm³/mol. The first-order valence-electron chi connectivity index (χ1n) is 26.2. The van der Waals surface area contributed by atoms with Crippen molar-refractivity contribution in [2.45, 2.75) is 75.3 Å². The fourth-order valence-corrected chi connectivity index (χ4v) is 11.9. The Morgan fingerprint density at radius 3 is 2.25 bits per heavy atom. The number of ether oxygens (including phenoxy) is 5. The lowest BCUT2D eigenvalue weighted by Gasteiger charge is -2.37. The summed E-state index contributed by atoms with van der Waals surface area (Å²) in [4.78, 5) is 64.4. The van der Waals surface area contributed by atoms with E-state index in [0.717, 1.165) is 0 Å². The molecule has 7 aromatic rings. The van der Waals surface area contributed by atoms with Crippen molar-refractivity contribution in [3.8, 4) is 17.6 Å². The Morgan fingerprint density at radius 1 is 0.928 bits per heavy atom. The average molecular weight is 1170 g/mol. The second-order valence-corrected chi connectivity index (χ2v) is 22.4. The smallest absolute Gasteiger partial charge is 0.327 e. The van der Waals surface area contributed by atoms with Crippen molar-refractivity contribution in [2.75, 3.05) is 61.6 Å². The number of azide groups is 1.